The largest absolute Gasteiger partial charge is 0.427 e. The summed E-state index contributed by atoms with van der Waals surface area (Å²) in [4.78, 5) is 10.6. The lowest BCUT2D eigenvalue weighted by atomic mass is 10.2. The predicted molar refractivity (Wildman–Crippen MR) is 38.9 cm³/mol. The number of rotatable bonds is 3. The van der Waals surface area contributed by atoms with Crippen LogP contribution in [0.1, 0.15) is 6.92 Å². The van der Waals surface area contributed by atoms with E-state index in [1.807, 2.05) is 0 Å². The Morgan fingerprint density at radius 3 is 1.93 bits per heavy atom. The molecular formula is C7H7F6NO. The smallest absolute Gasteiger partial charge is 0.291 e. The van der Waals surface area contributed by atoms with Crippen molar-refractivity contribution >= 4 is 5.91 Å². The molecule has 0 bridgehead atoms. The zero-order chi connectivity index (χ0) is 12.4. The molecule has 0 rings (SSSR count). The van der Waals surface area contributed by atoms with E-state index in [9.17, 15) is 31.1 Å². The van der Waals surface area contributed by atoms with Gasteiger partial charge >= 0.3 is 12.2 Å². The Morgan fingerprint density at radius 1 is 1.27 bits per heavy atom. The Kier molecular flexibility index (Phi) is 3.78. The van der Waals surface area contributed by atoms with Crippen molar-refractivity contribution in [3.05, 3.63) is 12.2 Å². The second-order valence-corrected chi connectivity index (χ2v) is 2.76. The molecule has 0 aliphatic heterocycles. The molecule has 1 atom stereocenters. The first-order valence-electron chi connectivity index (χ1n) is 3.55. The van der Waals surface area contributed by atoms with E-state index >= 15 is 0 Å². The Labute approximate surface area is 80.9 Å². The van der Waals surface area contributed by atoms with E-state index in [4.69, 9.17) is 0 Å². The highest BCUT2D eigenvalue weighted by Crippen LogP contribution is 2.33. The van der Waals surface area contributed by atoms with Gasteiger partial charge in [0.15, 0.2) is 0 Å². The van der Waals surface area contributed by atoms with Crippen LogP contribution < -0.4 is 5.32 Å². The van der Waals surface area contributed by atoms with Crippen molar-refractivity contribution < 1.29 is 31.1 Å². The Bertz CT molecular complexity index is 271. The van der Waals surface area contributed by atoms with Gasteiger partial charge in [0.1, 0.15) is 0 Å². The van der Waals surface area contributed by atoms with Crippen LogP contribution in [0.4, 0.5) is 26.3 Å². The molecule has 0 aromatic carbocycles. The third kappa shape index (κ3) is 3.80. The van der Waals surface area contributed by atoms with Crippen molar-refractivity contribution in [2.24, 2.45) is 0 Å². The summed E-state index contributed by atoms with van der Waals surface area (Å²) in [6, 6.07) is -5.01. The lowest BCUT2D eigenvalue weighted by molar-refractivity contribution is -0.251. The number of carbonyl (C=O) groups excluding carboxylic acids is 1. The van der Waals surface area contributed by atoms with Crippen LogP contribution in [0, 0.1) is 0 Å². The minimum atomic E-state index is -5.74. The van der Waals surface area contributed by atoms with Crippen molar-refractivity contribution in [3.63, 3.8) is 0 Å². The first-order chi connectivity index (χ1) is 6.48. The fourth-order valence-electron chi connectivity index (χ4n) is 0.527. The summed E-state index contributed by atoms with van der Waals surface area (Å²) in [6.45, 7) is 3.90. The summed E-state index contributed by atoms with van der Waals surface area (Å²) in [6.07, 6.45) is -10.2. The summed E-state index contributed by atoms with van der Waals surface area (Å²) >= 11 is 0. The number of amides is 1. The molecule has 0 saturated heterocycles. The second-order valence-electron chi connectivity index (χ2n) is 2.76. The number of halogens is 6. The van der Waals surface area contributed by atoms with Crippen molar-refractivity contribution in [2.45, 2.75) is 25.3 Å². The molecule has 15 heavy (non-hydrogen) atoms. The molecule has 0 aliphatic carbocycles. The molecule has 0 fully saturated rings. The zero-order valence-corrected chi connectivity index (χ0v) is 7.46. The van der Waals surface area contributed by atoms with Crippen molar-refractivity contribution in [1.82, 2.24) is 5.32 Å². The molecule has 2 nitrogen and oxygen atoms in total. The standard InChI is InChI=1S/C7H7F6NO/c1-3(2)4(15)14-7(12,13)5(8)6(9,10)11/h5H,1H2,2H3,(H,14,15). The van der Waals surface area contributed by atoms with Crippen molar-refractivity contribution in [3.8, 4) is 0 Å². The van der Waals surface area contributed by atoms with E-state index in [1.54, 1.807) is 0 Å². The molecule has 1 unspecified atom stereocenters. The van der Waals surface area contributed by atoms with Gasteiger partial charge in [0, 0.05) is 5.57 Å². The SMILES string of the molecule is C=C(C)C(=O)NC(F)(F)C(F)C(F)(F)F. The molecule has 8 heteroatoms. The molecule has 0 heterocycles. The molecule has 0 aromatic rings. The summed E-state index contributed by atoms with van der Waals surface area (Å²) in [5, 5.41) is 0.595. The van der Waals surface area contributed by atoms with Gasteiger partial charge in [0.25, 0.3) is 12.1 Å². The zero-order valence-electron chi connectivity index (χ0n) is 7.46. The maximum Gasteiger partial charge on any atom is 0.427 e. The number of carbonyl (C=O) groups is 1. The maximum absolute atomic E-state index is 12.5. The van der Waals surface area contributed by atoms with Crippen LogP contribution >= 0.6 is 0 Å². The third-order valence-corrected chi connectivity index (χ3v) is 1.27. The first-order valence-corrected chi connectivity index (χ1v) is 3.55. The predicted octanol–water partition coefficient (Wildman–Crippen LogP) is 2.17. The number of hydrogen-bond acceptors (Lipinski definition) is 1. The van der Waals surface area contributed by atoms with Crippen molar-refractivity contribution in [1.29, 1.82) is 0 Å². The van der Waals surface area contributed by atoms with Crippen LogP contribution in [0.25, 0.3) is 0 Å². The number of hydrogen-bond donors (Lipinski definition) is 1. The third-order valence-electron chi connectivity index (χ3n) is 1.27. The quantitative estimate of drug-likeness (QED) is 0.453. The normalized spacial score (nSPS) is 14.6. The van der Waals surface area contributed by atoms with E-state index in [-0.39, 0.29) is 0 Å². The lowest BCUT2D eigenvalue weighted by Crippen LogP contribution is -2.53. The van der Waals surface area contributed by atoms with Gasteiger partial charge in [-0.2, -0.15) is 22.0 Å². The second kappa shape index (κ2) is 4.11. The molecule has 1 N–H and O–H groups in total. The van der Waals surface area contributed by atoms with Gasteiger partial charge in [-0.25, -0.2) is 4.39 Å². The van der Waals surface area contributed by atoms with E-state index in [1.165, 1.54) is 0 Å². The average molecular weight is 235 g/mol. The number of alkyl halides is 6. The van der Waals surface area contributed by atoms with Gasteiger partial charge in [-0.3, -0.25) is 10.1 Å². The van der Waals surface area contributed by atoms with Gasteiger partial charge in [-0.05, 0) is 6.92 Å². The summed E-state index contributed by atoms with van der Waals surface area (Å²) < 4.78 is 71.8. The maximum atomic E-state index is 12.5. The summed E-state index contributed by atoms with van der Waals surface area (Å²) in [5.41, 5.74) is -0.455. The fourth-order valence-corrected chi connectivity index (χ4v) is 0.527. The van der Waals surface area contributed by atoms with Crippen LogP contribution in [0.3, 0.4) is 0 Å². The highest BCUT2D eigenvalue weighted by atomic mass is 19.4. The molecule has 0 spiro atoms. The minimum Gasteiger partial charge on any atom is -0.291 e. The summed E-state index contributed by atoms with van der Waals surface area (Å²) in [5.74, 6) is -1.55. The fraction of sp³-hybridized carbons (Fsp3) is 0.571. The number of nitrogens with one attached hydrogen (secondary N) is 1. The lowest BCUT2D eigenvalue weighted by Gasteiger charge is -2.23. The molecule has 88 valence electrons. The molecule has 0 saturated carbocycles. The molecule has 0 aromatic heterocycles. The highest BCUT2D eigenvalue weighted by Gasteiger charge is 2.57. The van der Waals surface area contributed by atoms with E-state index in [0.29, 0.717) is 5.32 Å². The van der Waals surface area contributed by atoms with Crippen molar-refractivity contribution in [2.75, 3.05) is 0 Å². The minimum absolute atomic E-state index is 0.455. The Hall–Kier alpha value is -1.21. The molecule has 0 radical (unpaired) electrons. The monoisotopic (exact) mass is 235 g/mol. The molecule has 1 amide bonds. The van der Waals surface area contributed by atoms with E-state index < -0.39 is 29.9 Å². The van der Waals surface area contributed by atoms with Gasteiger partial charge < -0.3 is 0 Å². The van der Waals surface area contributed by atoms with Gasteiger partial charge in [0.2, 0.25) is 0 Å². The van der Waals surface area contributed by atoms with Crippen LogP contribution in [0.2, 0.25) is 0 Å². The Morgan fingerprint density at radius 2 is 1.67 bits per heavy atom. The highest BCUT2D eigenvalue weighted by molar-refractivity contribution is 5.92. The van der Waals surface area contributed by atoms with Gasteiger partial charge in [-0.1, -0.05) is 6.58 Å². The molecular weight excluding hydrogens is 228 g/mol. The van der Waals surface area contributed by atoms with Crippen LogP contribution in [0.15, 0.2) is 12.2 Å². The topological polar surface area (TPSA) is 29.1 Å². The molecule has 0 aliphatic rings. The van der Waals surface area contributed by atoms with E-state index in [0.717, 1.165) is 6.92 Å². The van der Waals surface area contributed by atoms with Gasteiger partial charge in [-0.15, -0.1) is 0 Å². The summed E-state index contributed by atoms with van der Waals surface area (Å²) in [7, 11) is 0. The van der Waals surface area contributed by atoms with Crippen LogP contribution in [-0.4, -0.2) is 24.3 Å². The Balaban J connectivity index is 4.69. The average Bonchev–Trinajstić information content (AvgIpc) is 2.00. The first kappa shape index (κ1) is 13.8. The van der Waals surface area contributed by atoms with Crippen LogP contribution in [-0.2, 0) is 4.79 Å². The van der Waals surface area contributed by atoms with Crippen LogP contribution in [0.5, 0.6) is 0 Å². The van der Waals surface area contributed by atoms with Gasteiger partial charge in [0.05, 0.1) is 0 Å². The van der Waals surface area contributed by atoms with E-state index in [2.05, 4.69) is 6.58 Å².